The van der Waals surface area contributed by atoms with E-state index in [0.717, 1.165) is 11.4 Å². The van der Waals surface area contributed by atoms with Gasteiger partial charge in [-0.15, -0.1) is 0 Å². The average molecular weight is 393 g/mol. The van der Waals surface area contributed by atoms with E-state index >= 15 is 0 Å². The van der Waals surface area contributed by atoms with Crippen LogP contribution in [0.3, 0.4) is 0 Å². The zero-order chi connectivity index (χ0) is 19.6. The number of anilines is 1. The Morgan fingerprint density at radius 2 is 2.11 bits per heavy atom. The van der Waals surface area contributed by atoms with Crippen LogP contribution in [-0.2, 0) is 9.53 Å². The van der Waals surface area contributed by atoms with Crippen molar-refractivity contribution in [3.63, 3.8) is 0 Å². The third kappa shape index (κ3) is 4.06. The van der Waals surface area contributed by atoms with Crippen molar-refractivity contribution in [2.75, 3.05) is 25.0 Å². The zero-order valence-electron chi connectivity index (χ0n) is 15.1. The van der Waals surface area contributed by atoms with Gasteiger partial charge in [-0.3, -0.25) is 0 Å². The number of hydrogen-bond acceptors (Lipinski definition) is 4. The summed E-state index contributed by atoms with van der Waals surface area (Å²) in [6.07, 6.45) is 0.561. The highest BCUT2D eigenvalue weighted by atomic mass is 35.5. The smallest absolute Gasteiger partial charge is 0.334 e. The van der Waals surface area contributed by atoms with Crippen molar-refractivity contribution in [3.05, 3.63) is 41.2 Å². The molecule has 2 aromatic rings. The van der Waals surface area contributed by atoms with Gasteiger partial charge in [-0.05, 0) is 18.1 Å². The molecule has 1 aliphatic rings. The molecule has 1 atom stereocenters. The predicted molar refractivity (Wildman–Crippen MR) is 101 cm³/mol. The molecule has 1 unspecified atom stereocenters. The van der Waals surface area contributed by atoms with Crippen LogP contribution in [0.15, 0.2) is 30.5 Å². The summed E-state index contributed by atoms with van der Waals surface area (Å²) in [7, 11) is 0. The molecule has 0 radical (unpaired) electrons. The molecule has 1 aliphatic heterocycles. The minimum absolute atomic E-state index is 0.00315. The highest BCUT2D eigenvalue weighted by Gasteiger charge is 2.30. The number of carboxylic acids is 1. The molecular weight excluding hydrogens is 372 g/mol. The van der Waals surface area contributed by atoms with Crippen molar-refractivity contribution in [2.45, 2.75) is 25.9 Å². The van der Waals surface area contributed by atoms with E-state index in [0.29, 0.717) is 17.3 Å². The first-order chi connectivity index (χ1) is 12.9. The maximum absolute atomic E-state index is 12.6. The van der Waals surface area contributed by atoms with Crippen molar-refractivity contribution in [2.24, 2.45) is 0 Å². The molecule has 1 fully saturated rings. The molecule has 0 saturated carbocycles. The number of nitrogens with one attached hydrogen (secondary N) is 1. The van der Waals surface area contributed by atoms with Gasteiger partial charge in [0.25, 0.3) is 0 Å². The van der Waals surface area contributed by atoms with Crippen LogP contribution < -0.4 is 5.32 Å². The maximum atomic E-state index is 12.6. The first-order valence-electron chi connectivity index (χ1n) is 8.61. The molecule has 1 saturated heterocycles. The Morgan fingerprint density at radius 3 is 2.78 bits per heavy atom. The van der Waals surface area contributed by atoms with Crippen LogP contribution in [0.5, 0.6) is 0 Å². The van der Waals surface area contributed by atoms with Gasteiger partial charge in [0, 0.05) is 6.54 Å². The minimum Gasteiger partial charge on any atom is -0.479 e. The van der Waals surface area contributed by atoms with Gasteiger partial charge < -0.3 is 20.1 Å². The Hall–Kier alpha value is -2.58. The highest BCUT2D eigenvalue weighted by Crippen LogP contribution is 2.30. The van der Waals surface area contributed by atoms with Gasteiger partial charge in [0.15, 0.2) is 6.10 Å². The number of aromatic nitrogens is 2. The van der Waals surface area contributed by atoms with Crippen LogP contribution >= 0.6 is 11.6 Å². The van der Waals surface area contributed by atoms with Crippen LogP contribution in [0.1, 0.15) is 25.5 Å². The van der Waals surface area contributed by atoms with Gasteiger partial charge in [0.1, 0.15) is 0 Å². The Kier molecular flexibility index (Phi) is 5.67. The van der Waals surface area contributed by atoms with Crippen LogP contribution in [0.2, 0.25) is 5.02 Å². The molecule has 2 amide bonds. The number of rotatable bonds is 4. The lowest BCUT2D eigenvalue weighted by Gasteiger charge is -2.30. The molecule has 0 spiro atoms. The van der Waals surface area contributed by atoms with Crippen molar-refractivity contribution in [3.8, 4) is 5.69 Å². The minimum atomic E-state index is -1.08. The van der Waals surface area contributed by atoms with Gasteiger partial charge in [-0.2, -0.15) is 5.10 Å². The quantitative estimate of drug-likeness (QED) is 0.833. The topological polar surface area (TPSA) is 96.7 Å². The second kappa shape index (κ2) is 7.98. The third-order valence-electron chi connectivity index (χ3n) is 4.30. The molecule has 2 heterocycles. The summed E-state index contributed by atoms with van der Waals surface area (Å²) >= 11 is 6.29. The largest absolute Gasteiger partial charge is 0.479 e. The van der Waals surface area contributed by atoms with Gasteiger partial charge in [-0.25, -0.2) is 14.3 Å². The standard InChI is InChI=1S/C18H21ClN4O4/c1-11(2)16-13(9-20-23(16)14-6-4-3-5-12(14)19)21-18(26)22-7-8-27-15(10-22)17(24)25/h3-6,9,11,15H,7-8,10H2,1-2H3,(H,21,26)(H,24,25). The number of amides is 2. The van der Waals surface area contributed by atoms with Gasteiger partial charge >= 0.3 is 12.0 Å². The number of carboxylic acid groups (broad SMARTS) is 1. The summed E-state index contributed by atoms with van der Waals surface area (Å²) in [5.41, 5.74) is 2.09. The molecule has 1 aromatic carbocycles. The van der Waals surface area contributed by atoms with E-state index < -0.39 is 12.1 Å². The second-order valence-electron chi connectivity index (χ2n) is 6.54. The van der Waals surface area contributed by atoms with Crippen molar-refractivity contribution in [1.82, 2.24) is 14.7 Å². The molecule has 1 aromatic heterocycles. The molecule has 8 nitrogen and oxygen atoms in total. The van der Waals surface area contributed by atoms with E-state index in [1.807, 2.05) is 32.0 Å². The van der Waals surface area contributed by atoms with Crippen molar-refractivity contribution in [1.29, 1.82) is 0 Å². The number of para-hydroxylation sites is 1. The van der Waals surface area contributed by atoms with Gasteiger partial charge in [0.05, 0.1) is 41.4 Å². The Balaban J connectivity index is 1.84. The molecule has 144 valence electrons. The lowest BCUT2D eigenvalue weighted by molar-refractivity contribution is -0.154. The van der Waals surface area contributed by atoms with Crippen LogP contribution in [0.4, 0.5) is 10.5 Å². The summed E-state index contributed by atoms with van der Waals surface area (Å²) in [6, 6.07) is 6.95. The van der Waals surface area contributed by atoms with Crippen LogP contribution in [0.25, 0.3) is 5.69 Å². The number of morpholine rings is 1. The normalized spacial score (nSPS) is 17.2. The lowest BCUT2D eigenvalue weighted by atomic mass is 10.1. The fraction of sp³-hybridized carbons (Fsp3) is 0.389. The highest BCUT2D eigenvalue weighted by molar-refractivity contribution is 6.32. The predicted octanol–water partition coefficient (Wildman–Crippen LogP) is 2.97. The van der Waals surface area contributed by atoms with Gasteiger partial charge in [-0.1, -0.05) is 37.6 Å². The molecule has 9 heteroatoms. The number of benzene rings is 1. The monoisotopic (exact) mass is 392 g/mol. The number of carbonyl (C=O) groups is 2. The summed E-state index contributed by atoms with van der Waals surface area (Å²) in [4.78, 5) is 25.2. The van der Waals surface area contributed by atoms with Gasteiger partial charge in [0.2, 0.25) is 0 Å². The number of nitrogens with zero attached hydrogens (tertiary/aromatic N) is 3. The van der Waals surface area contributed by atoms with E-state index in [1.165, 1.54) is 4.90 Å². The first-order valence-corrected chi connectivity index (χ1v) is 8.99. The molecule has 27 heavy (non-hydrogen) atoms. The van der Waals surface area contributed by atoms with E-state index in [2.05, 4.69) is 10.4 Å². The lowest BCUT2D eigenvalue weighted by Crippen LogP contribution is -2.50. The van der Waals surface area contributed by atoms with Crippen molar-refractivity contribution < 1.29 is 19.4 Å². The summed E-state index contributed by atoms with van der Waals surface area (Å²) in [6.45, 7) is 4.49. The number of urea groups is 1. The SMILES string of the molecule is CC(C)c1c(NC(=O)N2CCOC(C(=O)O)C2)cnn1-c1ccccc1Cl. The molecule has 2 N–H and O–H groups in total. The van der Waals surface area contributed by atoms with Crippen molar-refractivity contribution >= 4 is 29.3 Å². The summed E-state index contributed by atoms with van der Waals surface area (Å²) < 4.78 is 6.87. The number of carbonyl (C=O) groups excluding carboxylic acids is 1. The summed E-state index contributed by atoms with van der Waals surface area (Å²) in [5.74, 6) is -1.02. The molecule has 0 bridgehead atoms. The molecule has 0 aliphatic carbocycles. The van der Waals surface area contributed by atoms with Crippen LogP contribution in [0, 0.1) is 0 Å². The average Bonchev–Trinajstić information content (AvgIpc) is 3.05. The van der Waals surface area contributed by atoms with Crippen LogP contribution in [-0.4, -0.2) is 57.6 Å². The fourth-order valence-electron chi connectivity index (χ4n) is 3.00. The third-order valence-corrected chi connectivity index (χ3v) is 4.62. The number of ether oxygens (including phenoxy) is 1. The Morgan fingerprint density at radius 1 is 1.37 bits per heavy atom. The van der Waals surface area contributed by atoms with E-state index in [9.17, 15) is 9.59 Å². The second-order valence-corrected chi connectivity index (χ2v) is 6.94. The Bertz CT molecular complexity index is 852. The maximum Gasteiger partial charge on any atom is 0.334 e. The summed E-state index contributed by atoms with van der Waals surface area (Å²) in [5, 5.41) is 16.9. The Labute approximate surface area is 161 Å². The number of halogens is 1. The first kappa shape index (κ1) is 19.2. The number of hydrogen-bond donors (Lipinski definition) is 2. The van der Waals surface area contributed by atoms with E-state index in [1.54, 1.807) is 16.9 Å². The molecular formula is C18H21ClN4O4. The number of aliphatic carboxylic acids is 1. The van der Waals surface area contributed by atoms with E-state index in [-0.39, 0.29) is 25.1 Å². The zero-order valence-corrected chi connectivity index (χ0v) is 15.8. The fourth-order valence-corrected chi connectivity index (χ4v) is 3.22. The molecule has 3 rings (SSSR count). The van der Waals surface area contributed by atoms with E-state index in [4.69, 9.17) is 21.4 Å².